The van der Waals surface area contributed by atoms with Crippen LogP contribution in [0.3, 0.4) is 0 Å². The van der Waals surface area contributed by atoms with E-state index in [0.717, 1.165) is 5.56 Å². The van der Waals surface area contributed by atoms with Crippen LogP contribution in [0.25, 0.3) is 0 Å². The Kier molecular flexibility index (Phi) is 8.34. The standard InChI is InChI=1S/C33H34FNO4/c1-5-32(3)28(38-30(36)25-13-9-7-10-14-25)22-35(21-24-17-19-27(34)20-18-24)23-29(33(32,4)6-2)39-31(37)26-15-11-8-12-16-26/h7-20,22-23H,5-6,21H2,1-4H3/t32-,33-/m1/s1. The first-order valence-electron chi connectivity index (χ1n) is 13.2. The van der Waals surface area contributed by atoms with Crippen molar-refractivity contribution in [2.24, 2.45) is 10.8 Å². The lowest BCUT2D eigenvalue weighted by Crippen LogP contribution is -2.41. The molecule has 0 N–H and O–H groups in total. The molecule has 4 rings (SSSR count). The van der Waals surface area contributed by atoms with Gasteiger partial charge in [0, 0.05) is 29.8 Å². The molecule has 0 amide bonds. The second kappa shape index (κ2) is 11.7. The quantitative estimate of drug-likeness (QED) is 0.279. The van der Waals surface area contributed by atoms with Crippen LogP contribution in [0, 0.1) is 16.6 Å². The van der Waals surface area contributed by atoms with Gasteiger partial charge in [0.2, 0.25) is 0 Å². The number of carbonyl (C=O) groups excluding carboxylic acids is 2. The Balaban J connectivity index is 1.80. The summed E-state index contributed by atoms with van der Waals surface area (Å²) < 4.78 is 25.9. The Morgan fingerprint density at radius 2 is 1.10 bits per heavy atom. The first-order valence-corrected chi connectivity index (χ1v) is 13.2. The third-order valence-corrected chi connectivity index (χ3v) is 7.99. The maximum atomic E-state index is 13.6. The van der Waals surface area contributed by atoms with E-state index in [1.54, 1.807) is 73.1 Å². The van der Waals surface area contributed by atoms with Crippen LogP contribution in [0.1, 0.15) is 66.8 Å². The number of allylic oxidation sites excluding steroid dienone is 2. The van der Waals surface area contributed by atoms with Gasteiger partial charge in [-0.15, -0.1) is 0 Å². The fraction of sp³-hybridized carbons (Fsp3) is 0.273. The van der Waals surface area contributed by atoms with Gasteiger partial charge in [-0.2, -0.15) is 0 Å². The van der Waals surface area contributed by atoms with Crippen molar-refractivity contribution >= 4 is 11.9 Å². The van der Waals surface area contributed by atoms with Crippen molar-refractivity contribution in [2.75, 3.05) is 0 Å². The minimum absolute atomic E-state index is 0.326. The van der Waals surface area contributed by atoms with E-state index in [0.29, 0.717) is 42.0 Å². The zero-order valence-electron chi connectivity index (χ0n) is 22.8. The third kappa shape index (κ3) is 5.80. The SMILES string of the molecule is CC[C@]1(C)C(OC(=O)c2ccccc2)=CN(Cc2ccc(F)cc2)C=C(OC(=O)c2ccccc2)[C@@]1(C)CC. The molecule has 2 atom stereocenters. The summed E-state index contributed by atoms with van der Waals surface area (Å²) in [5.74, 6) is -0.328. The molecular formula is C33H34FNO4. The maximum absolute atomic E-state index is 13.6. The average molecular weight is 528 g/mol. The highest BCUT2D eigenvalue weighted by Crippen LogP contribution is 2.56. The molecule has 1 heterocycles. The molecular weight excluding hydrogens is 493 g/mol. The van der Waals surface area contributed by atoms with Gasteiger partial charge in [0.1, 0.15) is 17.3 Å². The molecule has 1 aliphatic heterocycles. The summed E-state index contributed by atoms with van der Waals surface area (Å²) in [6.45, 7) is 8.48. The summed E-state index contributed by atoms with van der Waals surface area (Å²) in [5.41, 5.74) is 0.282. The number of benzene rings is 3. The lowest BCUT2D eigenvalue weighted by molar-refractivity contribution is 0.00792. The first-order chi connectivity index (χ1) is 18.7. The molecule has 0 saturated carbocycles. The molecule has 0 unspecified atom stereocenters. The molecule has 39 heavy (non-hydrogen) atoms. The molecule has 0 fully saturated rings. The van der Waals surface area contributed by atoms with E-state index in [-0.39, 0.29) is 5.82 Å². The minimum Gasteiger partial charge on any atom is -0.425 e. The predicted molar refractivity (Wildman–Crippen MR) is 149 cm³/mol. The Morgan fingerprint density at radius 3 is 1.49 bits per heavy atom. The largest absolute Gasteiger partial charge is 0.425 e. The normalized spacial score (nSPS) is 20.9. The topological polar surface area (TPSA) is 55.8 Å². The number of halogens is 1. The highest BCUT2D eigenvalue weighted by Gasteiger charge is 2.52. The fourth-order valence-corrected chi connectivity index (χ4v) is 4.93. The van der Waals surface area contributed by atoms with Crippen LogP contribution >= 0.6 is 0 Å². The maximum Gasteiger partial charge on any atom is 0.343 e. The molecule has 202 valence electrons. The van der Waals surface area contributed by atoms with Gasteiger partial charge in [0.05, 0.1) is 11.1 Å². The number of ether oxygens (including phenoxy) is 2. The highest BCUT2D eigenvalue weighted by atomic mass is 19.1. The Morgan fingerprint density at radius 1 is 0.692 bits per heavy atom. The van der Waals surface area contributed by atoms with Crippen molar-refractivity contribution in [3.63, 3.8) is 0 Å². The molecule has 5 nitrogen and oxygen atoms in total. The number of rotatable bonds is 8. The van der Waals surface area contributed by atoms with Crippen molar-refractivity contribution in [1.29, 1.82) is 0 Å². The third-order valence-electron chi connectivity index (χ3n) is 7.99. The summed E-state index contributed by atoms with van der Waals surface area (Å²) >= 11 is 0. The van der Waals surface area contributed by atoms with Crippen molar-refractivity contribution < 1.29 is 23.5 Å². The van der Waals surface area contributed by atoms with Crippen LogP contribution in [0.2, 0.25) is 0 Å². The smallest absolute Gasteiger partial charge is 0.343 e. The summed E-state index contributed by atoms with van der Waals surface area (Å²) in [7, 11) is 0. The molecule has 0 saturated heterocycles. The molecule has 0 bridgehead atoms. The Bertz CT molecular complexity index is 1280. The van der Waals surface area contributed by atoms with E-state index in [9.17, 15) is 14.0 Å². The van der Waals surface area contributed by atoms with Gasteiger partial charge in [-0.1, -0.05) is 76.2 Å². The van der Waals surface area contributed by atoms with Crippen LogP contribution < -0.4 is 0 Å². The molecule has 3 aromatic rings. The summed E-state index contributed by atoms with van der Waals surface area (Å²) in [4.78, 5) is 28.3. The number of hydrogen-bond acceptors (Lipinski definition) is 5. The molecule has 0 aromatic heterocycles. The molecule has 3 aromatic carbocycles. The van der Waals surface area contributed by atoms with Gasteiger partial charge in [0.15, 0.2) is 0 Å². The Hall–Kier alpha value is -4.19. The predicted octanol–water partition coefficient (Wildman–Crippen LogP) is 7.87. The number of nitrogens with zero attached hydrogens (tertiary/aromatic N) is 1. The molecule has 6 heteroatoms. The van der Waals surface area contributed by atoms with Crippen LogP contribution in [0.4, 0.5) is 4.39 Å². The van der Waals surface area contributed by atoms with E-state index >= 15 is 0 Å². The Labute approximate surface area is 229 Å². The van der Waals surface area contributed by atoms with Gasteiger partial charge in [-0.3, -0.25) is 0 Å². The zero-order valence-corrected chi connectivity index (χ0v) is 22.8. The van der Waals surface area contributed by atoms with Crippen LogP contribution in [0.5, 0.6) is 0 Å². The summed E-state index contributed by atoms with van der Waals surface area (Å²) in [6, 6.07) is 23.9. The molecule has 0 aliphatic carbocycles. The summed E-state index contributed by atoms with van der Waals surface area (Å²) in [6.07, 6.45) is 4.81. The van der Waals surface area contributed by atoms with Gasteiger partial charge < -0.3 is 14.4 Å². The number of esters is 2. The van der Waals surface area contributed by atoms with E-state index in [2.05, 4.69) is 0 Å². The molecule has 0 spiro atoms. The van der Waals surface area contributed by atoms with Gasteiger partial charge >= 0.3 is 11.9 Å². The number of hydrogen-bond donors (Lipinski definition) is 0. The second-order valence-corrected chi connectivity index (χ2v) is 10.2. The van der Waals surface area contributed by atoms with Gasteiger partial charge in [-0.05, 0) is 54.8 Å². The number of carbonyl (C=O) groups is 2. The lowest BCUT2D eigenvalue weighted by Gasteiger charge is -2.45. The molecule has 0 radical (unpaired) electrons. The molecule has 1 aliphatic rings. The van der Waals surface area contributed by atoms with Crippen molar-refractivity contribution in [1.82, 2.24) is 4.90 Å². The van der Waals surface area contributed by atoms with Crippen LogP contribution in [-0.4, -0.2) is 16.8 Å². The first kappa shape index (κ1) is 27.8. The van der Waals surface area contributed by atoms with E-state index in [4.69, 9.17) is 9.47 Å². The highest BCUT2D eigenvalue weighted by molar-refractivity contribution is 5.90. The monoisotopic (exact) mass is 527 g/mol. The van der Waals surface area contributed by atoms with Gasteiger partial charge in [-0.25, -0.2) is 14.0 Å². The lowest BCUT2D eigenvalue weighted by atomic mass is 9.60. The van der Waals surface area contributed by atoms with E-state index in [1.807, 2.05) is 44.7 Å². The fourth-order valence-electron chi connectivity index (χ4n) is 4.93. The van der Waals surface area contributed by atoms with Crippen molar-refractivity contribution in [2.45, 2.75) is 47.1 Å². The second-order valence-electron chi connectivity index (χ2n) is 10.2. The summed E-state index contributed by atoms with van der Waals surface area (Å²) in [5, 5.41) is 0. The van der Waals surface area contributed by atoms with E-state index in [1.165, 1.54) is 12.1 Å². The van der Waals surface area contributed by atoms with Crippen molar-refractivity contribution in [3.05, 3.63) is 131 Å². The minimum atomic E-state index is -0.716. The van der Waals surface area contributed by atoms with Gasteiger partial charge in [0.25, 0.3) is 0 Å². The van der Waals surface area contributed by atoms with Crippen molar-refractivity contribution in [3.8, 4) is 0 Å². The van der Waals surface area contributed by atoms with Crippen LogP contribution in [-0.2, 0) is 16.0 Å². The average Bonchev–Trinajstić information content (AvgIpc) is 3.04. The van der Waals surface area contributed by atoms with E-state index < -0.39 is 22.8 Å². The zero-order chi connectivity index (χ0) is 28.0. The van der Waals surface area contributed by atoms with Crippen LogP contribution in [0.15, 0.2) is 109 Å².